The maximum Gasteiger partial charge on any atom is 0.272 e. The first-order valence-corrected chi connectivity index (χ1v) is 11.7. The van der Waals surface area contributed by atoms with Crippen LogP contribution >= 0.6 is 0 Å². The SMILES string of the molecule is CC(C)(C)[C@H](NC(=O)[C@H](CCCc1ccccc1)[C@H](O)C(=O)NO)C(=O)c1c[nH]c2ccccc12. The molecule has 2 amide bonds. The van der Waals surface area contributed by atoms with Crippen molar-refractivity contribution in [1.82, 2.24) is 15.8 Å². The third-order valence-electron chi connectivity index (χ3n) is 6.19. The third kappa shape index (κ3) is 6.35. The van der Waals surface area contributed by atoms with E-state index in [2.05, 4.69) is 10.3 Å². The average molecular weight is 480 g/mol. The first-order valence-electron chi connectivity index (χ1n) is 11.7. The Bertz CT molecular complexity index is 1170. The maximum atomic E-state index is 13.6. The number of aliphatic hydroxyl groups excluding tert-OH is 1. The van der Waals surface area contributed by atoms with Crippen molar-refractivity contribution in [3.8, 4) is 0 Å². The first kappa shape index (κ1) is 26.1. The van der Waals surface area contributed by atoms with Crippen molar-refractivity contribution in [3.05, 3.63) is 71.9 Å². The molecule has 0 aliphatic carbocycles. The lowest BCUT2D eigenvalue weighted by Crippen LogP contribution is -2.53. The molecule has 0 unspecified atom stereocenters. The standard InChI is InChI=1S/C27H33N3O5/c1-27(2,3)24(22(31)20-16-28-21-15-8-7-13-18(20)21)29-25(33)19(23(32)26(34)30-35)14-9-12-17-10-5-4-6-11-17/h4-8,10-11,13,15-16,19,23-24,28,32,35H,9,12,14H2,1-3H3,(H,29,33)(H,30,34)/t19-,23+,24-/m1/s1. The predicted molar refractivity (Wildman–Crippen MR) is 133 cm³/mol. The molecule has 0 aliphatic rings. The van der Waals surface area contributed by atoms with Gasteiger partial charge in [0.1, 0.15) is 6.10 Å². The molecule has 2 aromatic carbocycles. The van der Waals surface area contributed by atoms with E-state index in [1.807, 2.05) is 75.4 Å². The van der Waals surface area contributed by atoms with Crippen molar-refractivity contribution in [2.24, 2.45) is 11.3 Å². The number of nitrogens with one attached hydrogen (secondary N) is 3. The van der Waals surface area contributed by atoms with Gasteiger partial charge < -0.3 is 15.4 Å². The molecule has 5 N–H and O–H groups in total. The highest BCUT2D eigenvalue weighted by Crippen LogP contribution is 2.27. The largest absolute Gasteiger partial charge is 0.382 e. The number of ketones is 1. The van der Waals surface area contributed by atoms with Crippen LogP contribution in [0.2, 0.25) is 0 Å². The Morgan fingerprint density at radius 1 is 0.971 bits per heavy atom. The lowest BCUT2D eigenvalue weighted by atomic mass is 9.81. The molecule has 8 nitrogen and oxygen atoms in total. The summed E-state index contributed by atoms with van der Waals surface area (Å²) in [6, 6.07) is 16.2. The zero-order valence-electron chi connectivity index (χ0n) is 20.2. The average Bonchev–Trinajstić information content (AvgIpc) is 3.28. The molecule has 0 saturated carbocycles. The van der Waals surface area contributed by atoms with Gasteiger partial charge in [-0.15, -0.1) is 0 Å². The number of aromatic amines is 1. The zero-order chi connectivity index (χ0) is 25.6. The van der Waals surface area contributed by atoms with E-state index in [0.717, 1.165) is 16.5 Å². The molecule has 35 heavy (non-hydrogen) atoms. The van der Waals surface area contributed by atoms with E-state index in [4.69, 9.17) is 5.21 Å². The number of aryl methyl sites for hydroxylation is 1. The van der Waals surface area contributed by atoms with E-state index < -0.39 is 35.3 Å². The molecule has 3 atom stereocenters. The Hall–Kier alpha value is -3.49. The molecule has 1 aromatic heterocycles. The van der Waals surface area contributed by atoms with Crippen LogP contribution in [0.3, 0.4) is 0 Å². The van der Waals surface area contributed by atoms with Gasteiger partial charge in [0.15, 0.2) is 5.78 Å². The number of aliphatic hydroxyl groups is 1. The minimum absolute atomic E-state index is 0.188. The van der Waals surface area contributed by atoms with Crippen LogP contribution in [-0.4, -0.2) is 45.0 Å². The Kier molecular flexibility index (Phi) is 8.43. The molecule has 0 aliphatic heterocycles. The van der Waals surface area contributed by atoms with Crippen LogP contribution in [0.15, 0.2) is 60.8 Å². The number of hydroxylamine groups is 1. The number of rotatable bonds is 10. The lowest BCUT2D eigenvalue weighted by Gasteiger charge is -2.32. The fourth-order valence-corrected chi connectivity index (χ4v) is 4.21. The molecule has 8 heteroatoms. The second-order valence-corrected chi connectivity index (χ2v) is 9.83. The van der Waals surface area contributed by atoms with Gasteiger partial charge in [-0.25, -0.2) is 5.48 Å². The lowest BCUT2D eigenvalue weighted by molar-refractivity contribution is -0.146. The number of amides is 2. The number of hydrogen-bond donors (Lipinski definition) is 5. The van der Waals surface area contributed by atoms with Crippen LogP contribution < -0.4 is 10.8 Å². The van der Waals surface area contributed by atoms with Crippen molar-refractivity contribution in [2.45, 2.75) is 52.2 Å². The predicted octanol–water partition coefficient (Wildman–Crippen LogP) is 3.39. The second kappa shape index (κ2) is 11.3. The molecule has 0 spiro atoms. The van der Waals surface area contributed by atoms with Crippen molar-refractivity contribution >= 4 is 28.5 Å². The minimum atomic E-state index is -1.76. The number of Topliss-reactive ketones (excluding diaryl/α,β-unsaturated/α-hetero) is 1. The van der Waals surface area contributed by atoms with E-state index in [1.165, 1.54) is 5.48 Å². The fourth-order valence-electron chi connectivity index (χ4n) is 4.21. The number of aromatic nitrogens is 1. The van der Waals surface area contributed by atoms with Gasteiger partial charge in [0.2, 0.25) is 5.91 Å². The number of carbonyl (C=O) groups is 3. The van der Waals surface area contributed by atoms with Gasteiger partial charge in [0.25, 0.3) is 5.91 Å². The third-order valence-corrected chi connectivity index (χ3v) is 6.19. The van der Waals surface area contributed by atoms with E-state index >= 15 is 0 Å². The smallest absolute Gasteiger partial charge is 0.272 e. The molecule has 3 rings (SSSR count). The van der Waals surface area contributed by atoms with Crippen LogP contribution in [0.4, 0.5) is 0 Å². The summed E-state index contributed by atoms with van der Waals surface area (Å²) < 4.78 is 0. The second-order valence-electron chi connectivity index (χ2n) is 9.83. The monoisotopic (exact) mass is 479 g/mol. The summed E-state index contributed by atoms with van der Waals surface area (Å²) in [7, 11) is 0. The summed E-state index contributed by atoms with van der Waals surface area (Å²) in [6.07, 6.45) is 1.22. The highest BCUT2D eigenvalue weighted by molar-refractivity contribution is 6.11. The van der Waals surface area contributed by atoms with E-state index in [1.54, 1.807) is 6.20 Å². The number of para-hydroxylation sites is 1. The highest BCUT2D eigenvalue weighted by Gasteiger charge is 2.38. The van der Waals surface area contributed by atoms with Gasteiger partial charge >= 0.3 is 0 Å². The quantitative estimate of drug-likeness (QED) is 0.173. The van der Waals surface area contributed by atoms with Crippen molar-refractivity contribution < 1.29 is 24.7 Å². The van der Waals surface area contributed by atoms with Crippen molar-refractivity contribution in [3.63, 3.8) is 0 Å². The highest BCUT2D eigenvalue weighted by atomic mass is 16.5. The molecule has 0 radical (unpaired) electrons. The summed E-state index contributed by atoms with van der Waals surface area (Å²) in [6.45, 7) is 5.52. The van der Waals surface area contributed by atoms with E-state index in [9.17, 15) is 19.5 Å². The molecule has 1 heterocycles. The van der Waals surface area contributed by atoms with Crippen LogP contribution in [0.1, 0.15) is 49.5 Å². The molecule has 186 valence electrons. The topological polar surface area (TPSA) is 132 Å². The van der Waals surface area contributed by atoms with E-state index in [0.29, 0.717) is 18.4 Å². The first-order chi connectivity index (χ1) is 16.6. The van der Waals surface area contributed by atoms with Crippen molar-refractivity contribution in [2.75, 3.05) is 0 Å². The Morgan fingerprint density at radius 2 is 1.63 bits per heavy atom. The Balaban J connectivity index is 1.82. The number of hydrogen-bond acceptors (Lipinski definition) is 5. The minimum Gasteiger partial charge on any atom is -0.382 e. The van der Waals surface area contributed by atoms with Gasteiger partial charge in [-0.2, -0.15) is 0 Å². The summed E-state index contributed by atoms with van der Waals surface area (Å²) >= 11 is 0. The Labute approximate surface area is 204 Å². The fraction of sp³-hybridized carbons (Fsp3) is 0.370. The summed E-state index contributed by atoms with van der Waals surface area (Å²) in [5.74, 6) is -3.11. The molecule has 3 aromatic rings. The summed E-state index contributed by atoms with van der Waals surface area (Å²) in [4.78, 5) is 42.0. The molecule has 0 bridgehead atoms. The van der Waals surface area contributed by atoms with Crippen molar-refractivity contribution in [1.29, 1.82) is 0 Å². The Morgan fingerprint density at radius 3 is 2.29 bits per heavy atom. The van der Waals surface area contributed by atoms with Crippen LogP contribution in [0.25, 0.3) is 10.9 Å². The summed E-state index contributed by atoms with van der Waals surface area (Å²) in [5.41, 5.74) is 3.10. The molecule has 0 saturated heterocycles. The molecular formula is C27H33N3O5. The van der Waals surface area contributed by atoms with Gasteiger partial charge in [-0.3, -0.25) is 19.6 Å². The van der Waals surface area contributed by atoms with Gasteiger partial charge in [0.05, 0.1) is 12.0 Å². The van der Waals surface area contributed by atoms with Crippen LogP contribution in [-0.2, 0) is 16.0 Å². The van der Waals surface area contributed by atoms with Crippen LogP contribution in [0.5, 0.6) is 0 Å². The summed E-state index contributed by atoms with van der Waals surface area (Å²) in [5, 5.41) is 23.1. The van der Waals surface area contributed by atoms with Gasteiger partial charge in [-0.05, 0) is 36.3 Å². The van der Waals surface area contributed by atoms with E-state index in [-0.39, 0.29) is 12.2 Å². The molecular weight excluding hydrogens is 446 g/mol. The normalized spacial score (nSPS) is 14.2. The van der Waals surface area contributed by atoms with Gasteiger partial charge in [0, 0.05) is 22.7 Å². The number of benzene rings is 2. The maximum absolute atomic E-state index is 13.6. The van der Waals surface area contributed by atoms with Gasteiger partial charge in [-0.1, -0.05) is 69.3 Å². The number of H-pyrrole nitrogens is 1. The van der Waals surface area contributed by atoms with Crippen LogP contribution in [0, 0.1) is 11.3 Å². The molecule has 0 fully saturated rings. The zero-order valence-corrected chi connectivity index (χ0v) is 20.2. The number of carbonyl (C=O) groups excluding carboxylic acids is 3. The number of fused-ring (bicyclic) bond motifs is 1.